The lowest BCUT2D eigenvalue weighted by atomic mass is 10.2. The van der Waals surface area contributed by atoms with E-state index < -0.39 is 6.09 Å². The van der Waals surface area contributed by atoms with Crippen LogP contribution in [0.1, 0.15) is 27.4 Å². The number of hydrogen-bond acceptors (Lipinski definition) is 6. The highest BCUT2D eigenvalue weighted by Crippen LogP contribution is 2.13. The Hall–Kier alpha value is -3.85. The van der Waals surface area contributed by atoms with Crippen LogP contribution in [0.25, 0.3) is 0 Å². The van der Waals surface area contributed by atoms with E-state index in [1.165, 1.54) is 4.90 Å². The first-order valence-corrected chi connectivity index (χ1v) is 10.8. The van der Waals surface area contributed by atoms with Crippen LogP contribution in [0, 0.1) is 0 Å². The summed E-state index contributed by atoms with van der Waals surface area (Å²) in [4.78, 5) is 42.4. The fraction of sp³-hybridized carbons (Fsp3) is 0.292. The first-order valence-electron chi connectivity index (χ1n) is 10.8. The summed E-state index contributed by atoms with van der Waals surface area (Å²) in [7, 11) is 0. The van der Waals surface area contributed by atoms with Crippen LogP contribution >= 0.6 is 0 Å². The highest BCUT2D eigenvalue weighted by atomic mass is 16.4. The van der Waals surface area contributed by atoms with Crippen LogP contribution in [0.5, 0.6) is 0 Å². The van der Waals surface area contributed by atoms with Crippen LogP contribution in [0.15, 0.2) is 67.1 Å². The lowest BCUT2D eigenvalue weighted by Crippen LogP contribution is -2.50. The van der Waals surface area contributed by atoms with Crippen LogP contribution < -0.4 is 0 Å². The Morgan fingerprint density at radius 2 is 1.30 bits per heavy atom. The zero-order valence-electron chi connectivity index (χ0n) is 18.2. The van der Waals surface area contributed by atoms with E-state index in [1.807, 2.05) is 42.5 Å². The van der Waals surface area contributed by atoms with Crippen molar-refractivity contribution >= 4 is 12.0 Å². The molecular weight excluding hydrogens is 420 g/mol. The average molecular weight is 447 g/mol. The molecule has 0 aliphatic carbocycles. The Morgan fingerprint density at radius 1 is 0.758 bits per heavy atom. The number of aromatic nitrogens is 3. The zero-order chi connectivity index (χ0) is 23.0. The molecule has 170 valence electrons. The van der Waals surface area contributed by atoms with Crippen LogP contribution in [0.2, 0.25) is 0 Å². The second kappa shape index (κ2) is 10.6. The molecule has 0 aromatic carbocycles. The van der Waals surface area contributed by atoms with Crippen LogP contribution in [0.4, 0.5) is 4.79 Å². The van der Waals surface area contributed by atoms with Gasteiger partial charge >= 0.3 is 6.09 Å². The van der Waals surface area contributed by atoms with Crippen molar-refractivity contribution < 1.29 is 14.7 Å². The lowest BCUT2D eigenvalue weighted by Gasteiger charge is -2.33. The molecule has 0 spiro atoms. The Morgan fingerprint density at radius 3 is 1.76 bits per heavy atom. The standard InChI is InChI=1S/C24H26N6O3/c31-23(29-11-13-30(14-12-29)24(32)33)19-7-8-22(27-15-19)18-28(16-20-5-1-3-9-25-20)17-21-6-2-4-10-26-21/h1-10,15H,11-14,16-18H2,(H,32,33). The summed E-state index contributed by atoms with van der Waals surface area (Å²) < 4.78 is 0. The van der Waals surface area contributed by atoms with Crippen molar-refractivity contribution in [1.29, 1.82) is 0 Å². The lowest BCUT2D eigenvalue weighted by molar-refractivity contribution is 0.0624. The van der Waals surface area contributed by atoms with E-state index in [1.54, 1.807) is 29.6 Å². The molecule has 1 aliphatic rings. The number of pyridine rings is 3. The Bertz CT molecular complexity index is 1010. The van der Waals surface area contributed by atoms with Crippen molar-refractivity contribution in [2.24, 2.45) is 0 Å². The number of nitrogens with zero attached hydrogens (tertiary/aromatic N) is 6. The summed E-state index contributed by atoms with van der Waals surface area (Å²) in [6, 6.07) is 15.4. The van der Waals surface area contributed by atoms with E-state index in [0.29, 0.717) is 51.4 Å². The number of hydrogen-bond donors (Lipinski definition) is 1. The molecule has 1 saturated heterocycles. The number of carboxylic acid groups (broad SMARTS) is 1. The normalized spacial score (nSPS) is 13.8. The van der Waals surface area contributed by atoms with Gasteiger partial charge in [0.1, 0.15) is 0 Å². The van der Waals surface area contributed by atoms with Gasteiger partial charge in [-0.3, -0.25) is 24.6 Å². The number of amides is 2. The summed E-state index contributed by atoms with van der Waals surface area (Å²) in [5.74, 6) is -0.127. The maximum atomic E-state index is 12.8. The van der Waals surface area contributed by atoms with Gasteiger partial charge in [-0.25, -0.2) is 4.79 Å². The van der Waals surface area contributed by atoms with E-state index in [2.05, 4.69) is 19.9 Å². The van der Waals surface area contributed by atoms with Gasteiger partial charge in [-0.2, -0.15) is 0 Å². The summed E-state index contributed by atoms with van der Waals surface area (Å²) in [5, 5.41) is 9.07. The third kappa shape index (κ3) is 6.11. The van der Waals surface area contributed by atoms with Gasteiger partial charge in [-0.05, 0) is 36.4 Å². The monoisotopic (exact) mass is 446 g/mol. The minimum atomic E-state index is -0.950. The SMILES string of the molecule is O=C(O)N1CCN(C(=O)c2ccc(CN(Cc3ccccn3)Cc3ccccn3)nc2)CC1. The molecule has 9 heteroatoms. The molecule has 2 amide bonds. The molecule has 3 aromatic rings. The summed E-state index contributed by atoms with van der Waals surface area (Å²) >= 11 is 0. The van der Waals surface area contributed by atoms with Gasteiger partial charge in [0.25, 0.3) is 5.91 Å². The average Bonchev–Trinajstić information content (AvgIpc) is 2.85. The highest BCUT2D eigenvalue weighted by Gasteiger charge is 2.24. The van der Waals surface area contributed by atoms with E-state index in [0.717, 1.165) is 17.1 Å². The second-order valence-electron chi connectivity index (χ2n) is 7.89. The summed E-state index contributed by atoms with van der Waals surface area (Å²) in [6.45, 7) is 3.29. The van der Waals surface area contributed by atoms with Crippen molar-refractivity contribution in [2.75, 3.05) is 26.2 Å². The van der Waals surface area contributed by atoms with Gasteiger partial charge in [0.15, 0.2) is 0 Å². The topological polar surface area (TPSA) is 103 Å². The number of piperazine rings is 1. The van der Waals surface area contributed by atoms with Gasteiger partial charge in [0, 0.05) is 64.4 Å². The minimum absolute atomic E-state index is 0.127. The maximum absolute atomic E-state index is 12.8. The minimum Gasteiger partial charge on any atom is -0.465 e. The highest BCUT2D eigenvalue weighted by molar-refractivity contribution is 5.94. The van der Waals surface area contributed by atoms with Gasteiger partial charge in [-0.15, -0.1) is 0 Å². The molecular formula is C24H26N6O3. The second-order valence-corrected chi connectivity index (χ2v) is 7.89. The summed E-state index contributed by atoms with van der Waals surface area (Å²) in [6.07, 6.45) is 4.21. The van der Waals surface area contributed by atoms with Gasteiger partial charge in [0.2, 0.25) is 0 Å². The largest absolute Gasteiger partial charge is 0.465 e. The van der Waals surface area contributed by atoms with E-state index in [-0.39, 0.29) is 5.91 Å². The number of rotatable bonds is 7. The van der Waals surface area contributed by atoms with Crippen molar-refractivity contribution in [3.8, 4) is 0 Å². The summed E-state index contributed by atoms with van der Waals surface area (Å²) in [5.41, 5.74) is 3.26. The molecule has 4 rings (SSSR count). The van der Waals surface area contributed by atoms with Gasteiger partial charge < -0.3 is 14.9 Å². The first-order chi connectivity index (χ1) is 16.1. The molecule has 1 fully saturated rings. The van der Waals surface area contributed by atoms with E-state index in [4.69, 9.17) is 5.11 Å². The third-order valence-corrected chi connectivity index (χ3v) is 5.52. The smallest absolute Gasteiger partial charge is 0.407 e. The molecule has 0 radical (unpaired) electrons. The van der Waals surface area contributed by atoms with Crippen LogP contribution in [-0.4, -0.2) is 72.9 Å². The van der Waals surface area contributed by atoms with Crippen LogP contribution in [-0.2, 0) is 19.6 Å². The van der Waals surface area contributed by atoms with Crippen molar-refractivity contribution in [3.05, 3.63) is 89.8 Å². The third-order valence-electron chi connectivity index (χ3n) is 5.52. The fourth-order valence-corrected chi connectivity index (χ4v) is 3.77. The quantitative estimate of drug-likeness (QED) is 0.595. The molecule has 3 aromatic heterocycles. The van der Waals surface area contributed by atoms with E-state index in [9.17, 15) is 9.59 Å². The molecule has 0 atom stereocenters. The number of carbonyl (C=O) groups is 2. The molecule has 1 aliphatic heterocycles. The van der Waals surface area contributed by atoms with E-state index >= 15 is 0 Å². The maximum Gasteiger partial charge on any atom is 0.407 e. The van der Waals surface area contributed by atoms with Crippen LogP contribution in [0.3, 0.4) is 0 Å². The predicted molar refractivity (Wildman–Crippen MR) is 121 cm³/mol. The predicted octanol–water partition coefficient (Wildman–Crippen LogP) is 2.51. The van der Waals surface area contributed by atoms with Crippen molar-refractivity contribution in [3.63, 3.8) is 0 Å². The number of carbonyl (C=O) groups excluding carboxylic acids is 1. The Labute approximate surface area is 192 Å². The molecule has 33 heavy (non-hydrogen) atoms. The van der Waals surface area contributed by atoms with Gasteiger partial charge in [0.05, 0.1) is 22.6 Å². The van der Waals surface area contributed by atoms with Crippen molar-refractivity contribution in [2.45, 2.75) is 19.6 Å². The van der Waals surface area contributed by atoms with Gasteiger partial charge in [-0.1, -0.05) is 12.1 Å². The Balaban J connectivity index is 1.41. The molecule has 1 N–H and O–H groups in total. The molecule has 0 bridgehead atoms. The van der Waals surface area contributed by atoms with Crippen molar-refractivity contribution in [1.82, 2.24) is 29.7 Å². The first kappa shape index (κ1) is 22.3. The molecule has 9 nitrogen and oxygen atoms in total. The Kier molecular flexibility index (Phi) is 7.21. The zero-order valence-corrected chi connectivity index (χ0v) is 18.2. The fourth-order valence-electron chi connectivity index (χ4n) is 3.77. The molecule has 0 saturated carbocycles. The molecule has 0 unspecified atom stereocenters. The molecule has 4 heterocycles.